The van der Waals surface area contributed by atoms with Crippen molar-refractivity contribution in [2.24, 2.45) is 0 Å². The fraction of sp³-hybridized carbons (Fsp3) is 0.300. The van der Waals surface area contributed by atoms with Gasteiger partial charge in [-0.2, -0.15) is 0 Å². The van der Waals surface area contributed by atoms with Crippen LogP contribution in [0.4, 0.5) is 0 Å². The third kappa shape index (κ3) is 5.72. The van der Waals surface area contributed by atoms with Crippen molar-refractivity contribution < 1.29 is 14.3 Å². The van der Waals surface area contributed by atoms with E-state index in [0.29, 0.717) is 18.7 Å². The Kier molecular flexibility index (Phi) is 7.90. The van der Waals surface area contributed by atoms with Crippen molar-refractivity contribution in [3.63, 3.8) is 0 Å². The highest BCUT2D eigenvalue weighted by Crippen LogP contribution is 2.16. The van der Waals surface area contributed by atoms with Crippen molar-refractivity contribution in [1.82, 2.24) is 10.2 Å². The number of hydrogen-bond donors (Lipinski definition) is 1. The van der Waals surface area contributed by atoms with E-state index in [9.17, 15) is 9.59 Å². The van der Waals surface area contributed by atoms with Crippen molar-refractivity contribution in [2.45, 2.75) is 25.9 Å². The standard InChI is InChI=1S/C20H23IN2O3/c1-3-18(20(25)22-2)23(13-15-7-5-4-6-8-15)19(24)14-26-17-11-9-16(21)10-12-17/h4-12,18H,3,13-14H2,1-2H3,(H,22,25). The lowest BCUT2D eigenvalue weighted by Crippen LogP contribution is -2.49. The molecule has 2 aromatic carbocycles. The van der Waals surface area contributed by atoms with Crippen LogP contribution < -0.4 is 10.1 Å². The SMILES string of the molecule is CCC(C(=O)NC)N(Cc1ccccc1)C(=O)COc1ccc(I)cc1. The summed E-state index contributed by atoms with van der Waals surface area (Å²) >= 11 is 2.21. The van der Waals surface area contributed by atoms with E-state index in [2.05, 4.69) is 27.9 Å². The molecule has 0 radical (unpaired) electrons. The zero-order valence-electron chi connectivity index (χ0n) is 14.9. The summed E-state index contributed by atoms with van der Waals surface area (Å²) in [7, 11) is 1.58. The fourth-order valence-electron chi connectivity index (χ4n) is 2.63. The van der Waals surface area contributed by atoms with E-state index in [-0.39, 0.29) is 18.4 Å². The molecule has 138 valence electrons. The minimum Gasteiger partial charge on any atom is -0.484 e. The predicted octanol–water partition coefficient (Wildman–Crippen LogP) is 3.22. The Balaban J connectivity index is 2.13. The summed E-state index contributed by atoms with van der Waals surface area (Å²) in [5.74, 6) is 0.236. The predicted molar refractivity (Wildman–Crippen MR) is 110 cm³/mol. The molecule has 2 aromatic rings. The van der Waals surface area contributed by atoms with Gasteiger partial charge >= 0.3 is 0 Å². The second-order valence-electron chi connectivity index (χ2n) is 5.79. The molecule has 0 heterocycles. The quantitative estimate of drug-likeness (QED) is 0.608. The van der Waals surface area contributed by atoms with Gasteiger partial charge in [0.2, 0.25) is 5.91 Å². The van der Waals surface area contributed by atoms with Gasteiger partial charge < -0.3 is 15.0 Å². The molecule has 0 aliphatic rings. The minimum absolute atomic E-state index is 0.110. The summed E-state index contributed by atoms with van der Waals surface area (Å²) in [6.45, 7) is 2.15. The first-order valence-corrected chi connectivity index (χ1v) is 9.56. The van der Waals surface area contributed by atoms with Gasteiger partial charge in [0.15, 0.2) is 6.61 Å². The number of hydrogen-bond acceptors (Lipinski definition) is 3. The minimum atomic E-state index is -0.534. The number of likely N-dealkylation sites (N-methyl/N-ethyl adjacent to an activating group) is 1. The Labute approximate surface area is 167 Å². The third-order valence-electron chi connectivity index (χ3n) is 4.00. The lowest BCUT2D eigenvalue weighted by molar-refractivity contribution is -0.142. The van der Waals surface area contributed by atoms with Gasteiger partial charge in [0.25, 0.3) is 5.91 Å². The van der Waals surface area contributed by atoms with Crippen LogP contribution in [0, 0.1) is 3.57 Å². The molecule has 0 spiro atoms. The van der Waals surface area contributed by atoms with Crippen molar-refractivity contribution >= 4 is 34.4 Å². The van der Waals surface area contributed by atoms with Gasteiger partial charge in [0.1, 0.15) is 11.8 Å². The van der Waals surface area contributed by atoms with E-state index in [1.165, 1.54) is 0 Å². The molecule has 6 heteroatoms. The van der Waals surface area contributed by atoms with Crippen molar-refractivity contribution in [1.29, 1.82) is 0 Å². The van der Waals surface area contributed by atoms with Crippen LogP contribution in [0.25, 0.3) is 0 Å². The van der Waals surface area contributed by atoms with Crippen LogP contribution in [0.5, 0.6) is 5.75 Å². The first-order valence-electron chi connectivity index (χ1n) is 8.48. The molecular weight excluding hydrogens is 443 g/mol. The molecule has 2 rings (SSSR count). The van der Waals surface area contributed by atoms with Crippen molar-refractivity contribution in [3.05, 3.63) is 63.7 Å². The number of benzene rings is 2. The molecule has 1 unspecified atom stereocenters. The normalized spacial score (nSPS) is 11.5. The van der Waals surface area contributed by atoms with Crippen LogP contribution >= 0.6 is 22.6 Å². The number of nitrogens with one attached hydrogen (secondary N) is 1. The summed E-state index contributed by atoms with van der Waals surface area (Å²) in [6, 6.07) is 16.6. The molecule has 0 aromatic heterocycles. The number of carbonyl (C=O) groups is 2. The number of ether oxygens (including phenoxy) is 1. The second kappa shape index (κ2) is 10.2. The first kappa shape index (κ1) is 20.2. The number of carbonyl (C=O) groups excluding carboxylic acids is 2. The summed E-state index contributed by atoms with van der Waals surface area (Å²) in [6.07, 6.45) is 0.530. The maximum absolute atomic E-state index is 12.8. The molecule has 0 bridgehead atoms. The Hall–Kier alpha value is -2.09. The smallest absolute Gasteiger partial charge is 0.261 e. The molecule has 0 aliphatic carbocycles. The Morgan fingerprint density at radius 2 is 1.77 bits per heavy atom. The molecule has 2 amide bonds. The van der Waals surface area contributed by atoms with E-state index in [1.807, 2.05) is 61.5 Å². The third-order valence-corrected chi connectivity index (χ3v) is 4.72. The fourth-order valence-corrected chi connectivity index (χ4v) is 2.98. The lowest BCUT2D eigenvalue weighted by atomic mass is 10.1. The zero-order valence-corrected chi connectivity index (χ0v) is 17.1. The number of rotatable bonds is 8. The van der Waals surface area contributed by atoms with E-state index in [4.69, 9.17) is 4.74 Å². The summed E-state index contributed by atoms with van der Waals surface area (Å²) in [5.41, 5.74) is 0.970. The monoisotopic (exact) mass is 466 g/mol. The Bertz CT molecular complexity index is 720. The van der Waals surface area contributed by atoms with Gasteiger partial charge in [-0.15, -0.1) is 0 Å². The highest BCUT2D eigenvalue weighted by Gasteiger charge is 2.28. The van der Waals surface area contributed by atoms with E-state index in [1.54, 1.807) is 11.9 Å². The Morgan fingerprint density at radius 1 is 1.12 bits per heavy atom. The van der Waals surface area contributed by atoms with Crippen LogP contribution in [-0.4, -0.2) is 36.4 Å². The van der Waals surface area contributed by atoms with Crippen LogP contribution in [0.3, 0.4) is 0 Å². The highest BCUT2D eigenvalue weighted by molar-refractivity contribution is 14.1. The molecule has 0 saturated heterocycles. The molecule has 5 nitrogen and oxygen atoms in total. The van der Waals surface area contributed by atoms with Gasteiger partial charge in [-0.1, -0.05) is 37.3 Å². The topological polar surface area (TPSA) is 58.6 Å². The largest absolute Gasteiger partial charge is 0.484 e. The van der Waals surface area contributed by atoms with Crippen LogP contribution in [0.15, 0.2) is 54.6 Å². The molecule has 26 heavy (non-hydrogen) atoms. The lowest BCUT2D eigenvalue weighted by Gasteiger charge is -2.30. The molecule has 1 N–H and O–H groups in total. The van der Waals surface area contributed by atoms with Gasteiger partial charge in [-0.05, 0) is 58.8 Å². The average Bonchev–Trinajstić information content (AvgIpc) is 2.67. The van der Waals surface area contributed by atoms with Gasteiger partial charge in [-0.3, -0.25) is 9.59 Å². The van der Waals surface area contributed by atoms with Crippen LogP contribution in [-0.2, 0) is 16.1 Å². The molecule has 0 saturated carbocycles. The zero-order chi connectivity index (χ0) is 18.9. The number of amides is 2. The van der Waals surface area contributed by atoms with Gasteiger partial charge in [0, 0.05) is 17.2 Å². The number of nitrogens with zero attached hydrogens (tertiary/aromatic N) is 1. The molecular formula is C20H23IN2O3. The van der Waals surface area contributed by atoms with Crippen molar-refractivity contribution in [2.75, 3.05) is 13.7 Å². The van der Waals surface area contributed by atoms with Gasteiger partial charge in [-0.25, -0.2) is 0 Å². The average molecular weight is 466 g/mol. The highest BCUT2D eigenvalue weighted by atomic mass is 127. The van der Waals surface area contributed by atoms with E-state index >= 15 is 0 Å². The number of halogens is 1. The second-order valence-corrected chi connectivity index (χ2v) is 7.03. The summed E-state index contributed by atoms with van der Waals surface area (Å²) in [4.78, 5) is 26.7. The Morgan fingerprint density at radius 3 is 2.35 bits per heavy atom. The molecule has 1 atom stereocenters. The van der Waals surface area contributed by atoms with Crippen molar-refractivity contribution in [3.8, 4) is 5.75 Å². The first-order chi connectivity index (χ1) is 12.5. The van der Waals surface area contributed by atoms with Crippen LogP contribution in [0.1, 0.15) is 18.9 Å². The van der Waals surface area contributed by atoms with Gasteiger partial charge in [0.05, 0.1) is 0 Å². The maximum atomic E-state index is 12.8. The molecule has 0 fully saturated rings. The summed E-state index contributed by atoms with van der Waals surface area (Å²) < 4.78 is 6.72. The summed E-state index contributed by atoms with van der Waals surface area (Å²) in [5, 5.41) is 2.64. The van der Waals surface area contributed by atoms with E-state index < -0.39 is 6.04 Å². The van der Waals surface area contributed by atoms with Crippen LogP contribution in [0.2, 0.25) is 0 Å². The van der Waals surface area contributed by atoms with E-state index in [0.717, 1.165) is 9.13 Å². The maximum Gasteiger partial charge on any atom is 0.261 e. The molecule has 0 aliphatic heterocycles.